The molecule has 0 spiro atoms. The van der Waals surface area contributed by atoms with Gasteiger partial charge in [0.05, 0.1) is 17.8 Å². The van der Waals surface area contributed by atoms with Gasteiger partial charge < -0.3 is 5.11 Å². The maximum atomic E-state index is 10.7. The fraction of sp³-hybridized carbons (Fsp3) is 0.824. The van der Waals surface area contributed by atoms with Crippen LogP contribution in [-0.2, 0) is 6.42 Å². The Bertz CT molecular complexity index is 456. The van der Waals surface area contributed by atoms with E-state index in [4.69, 9.17) is 5.10 Å². The zero-order valence-corrected chi connectivity index (χ0v) is 13.5. The third kappa shape index (κ3) is 3.16. The molecule has 0 radical (unpaired) electrons. The van der Waals surface area contributed by atoms with Gasteiger partial charge in [-0.3, -0.25) is 9.58 Å². The predicted molar refractivity (Wildman–Crippen MR) is 84.3 cm³/mol. The lowest BCUT2D eigenvalue weighted by atomic mass is 9.92. The van der Waals surface area contributed by atoms with Crippen LogP contribution in [0.3, 0.4) is 0 Å². The lowest BCUT2D eigenvalue weighted by Crippen LogP contribution is -2.52. The molecular formula is C17H29N3O. The number of hydrogen-bond acceptors (Lipinski definition) is 3. The van der Waals surface area contributed by atoms with E-state index < -0.39 is 0 Å². The minimum atomic E-state index is -0.359. The summed E-state index contributed by atoms with van der Waals surface area (Å²) in [5.74, 6) is 0. The van der Waals surface area contributed by atoms with E-state index in [1.54, 1.807) is 0 Å². The van der Waals surface area contributed by atoms with Crippen LogP contribution < -0.4 is 0 Å². The summed E-state index contributed by atoms with van der Waals surface area (Å²) >= 11 is 0. The smallest absolute Gasteiger partial charge is 0.0774 e. The van der Waals surface area contributed by atoms with Crippen LogP contribution in [0.1, 0.15) is 64.1 Å². The number of nitrogens with zero attached hydrogens (tertiary/aromatic N) is 3. The Hall–Kier alpha value is -0.870. The molecule has 0 amide bonds. The van der Waals surface area contributed by atoms with Crippen LogP contribution >= 0.6 is 0 Å². The van der Waals surface area contributed by atoms with Crippen molar-refractivity contribution in [3.05, 3.63) is 18.0 Å². The molecular weight excluding hydrogens is 262 g/mol. The molecule has 2 aliphatic rings. The second-order valence-electron chi connectivity index (χ2n) is 7.29. The van der Waals surface area contributed by atoms with Crippen LogP contribution in [0.5, 0.6) is 0 Å². The molecule has 0 aromatic carbocycles. The fourth-order valence-electron chi connectivity index (χ4n) is 3.81. The fourth-order valence-corrected chi connectivity index (χ4v) is 3.81. The Morgan fingerprint density at radius 3 is 2.57 bits per heavy atom. The molecule has 4 nitrogen and oxygen atoms in total. The van der Waals surface area contributed by atoms with Crippen LogP contribution in [0.25, 0.3) is 0 Å². The maximum absolute atomic E-state index is 10.7. The normalized spacial score (nSPS) is 23.0. The summed E-state index contributed by atoms with van der Waals surface area (Å²) in [7, 11) is 0. The molecule has 1 atom stereocenters. The minimum Gasteiger partial charge on any atom is -0.391 e. The molecule has 2 heterocycles. The van der Waals surface area contributed by atoms with Crippen molar-refractivity contribution < 1.29 is 5.11 Å². The van der Waals surface area contributed by atoms with Crippen molar-refractivity contribution in [2.75, 3.05) is 13.1 Å². The van der Waals surface area contributed by atoms with E-state index in [1.165, 1.54) is 38.5 Å². The van der Waals surface area contributed by atoms with Crippen LogP contribution in [0.4, 0.5) is 0 Å². The molecule has 118 valence electrons. The lowest BCUT2D eigenvalue weighted by Gasteiger charge is -2.39. The molecule has 21 heavy (non-hydrogen) atoms. The first-order chi connectivity index (χ1) is 10.1. The van der Waals surface area contributed by atoms with Crippen LogP contribution in [-0.4, -0.2) is 44.5 Å². The molecule has 1 aliphatic heterocycles. The number of hydrogen-bond donors (Lipinski definition) is 1. The molecule has 1 unspecified atom stereocenters. The average molecular weight is 291 g/mol. The molecule has 3 rings (SSSR count). The summed E-state index contributed by atoms with van der Waals surface area (Å²) in [4.78, 5) is 2.42. The first kappa shape index (κ1) is 15.0. The Morgan fingerprint density at radius 2 is 1.90 bits per heavy atom. The molecule has 4 heteroatoms. The Kier molecular flexibility index (Phi) is 4.36. The summed E-state index contributed by atoms with van der Waals surface area (Å²) in [5, 5.41) is 15.4. The van der Waals surface area contributed by atoms with Crippen molar-refractivity contribution in [3.8, 4) is 0 Å². The van der Waals surface area contributed by atoms with Gasteiger partial charge in [-0.25, -0.2) is 0 Å². The number of likely N-dealkylation sites (tertiary alicyclic amines) is 1. The number of aliphatic hydroxyl groups is 1. The molecule has 1 N–H and O–H groups in total. The predicted octanol–water partition coefficient (Wildman–Crippen LogP) is 2.78. The molecule has 1 saturated carbocycles. The topological polar surface area (TPSA) is 41.3 Å². The second-order valence-corrected chi connectivity index (χ2v) is 7.29. The van der Waals surface area contributed by atoms with Gasteiger partial charge in [-0.05, 0) is 58.7 Å². The van der Waals surface area contributed by atoms with Crippen LogP contribution in [0.2, 0.25) is 0 Å². The highest BCUT2D eigenvalue weighted by Gasteiger charge is 2.36. The van der Waals surface area contributed by atoms with Crippen LogP contribution in [0.15, 0.2) is 12.3 Å². The largest absolute Gasteiger partial charge is 0.391 e. The van der Waals surface area contributed by atoms with Crippen molar-refractivity contribution in [1.82, 2.24) is 14.7 Å². The molecule has 0 bridgehead atoms. The van der Waals surface area contributed by atoms with Gasteiger partial charge in [-0.15, -0.1) is 0 Å². The standard InChI is InChI=1S/C17H29N3O/c1-17(2,19-10-5-6-11-19)16(21)13-14-9-12-20(18-14)15-7-3-4-8-15/h9,12,15-16,21H,3-8,10-11,13H2,1-2H3. The Balaban J connectivity index is 1.62. The number of aromatic nitrogens is 2. The molecule has 1 saturated heterocycles. The first-order valence-corrected chi connectivity index (χ1v) is 8.54. The van der Waals surface area contributed by atoms with Crippen molar-refractivity contribution in [2.24, 2.45) is 0 Å². The van der Waals surface area contributed by atoms with Crippen molar-refractivity contribution in [1.29, 1.82) is 0 Å². The van der Waals surface area contributed by atoms with E-state index in [2.05, 4.69) is 35.7 Å². The van der Waals surface area contributed by atoms with E-state index in [9.17, 15) is 5.11 Å². The van der Waals surface area contributed by atoms with Gasteiger partial charge in [0.25, 0.3) is 0 Å². The zero-order valence-electron chi connectivity index (χ0n) is 13.5. The maximum Gasteiger partial charge on any atom is 0.0774 e. The highest BCUT2D eigenvalue weighted by molar-refractivity contribution is 5.05. The zero-order chi connectivity index (χ0) is 14.9. The summed E-state index contributed by atoms with van der Waals surface area (Å²) in [5.41, 5.74) is 0.870. The van der Waals surface area contributed by atoms with E-state index in [1.807, 2.05) is 0 Å². The minimum absolute atomic E-state index is 0.159. The van der Waals surface area contributed by atoms with Gasteiger partial charge in [-0.1, -0.05) is 12.8 Å². The van der Waals surface area contributed by atoms with Crippen molar-refractivity contribution in [3.63, 3.8) is 0 Å². The molecule has 2 fully saturated rings. The summed E-state index contributed by atoms with van der Waals surface area (Å²) in [6.07, 6.45) is 10.1. The van der Waals surface area contributed by atoms with E-state index in [0.717, 1.165) is 18.8 Å². The van der Waals surface area contributed by atoms with Crippen LogP contribution in [0, 0.1) is 0 Å². The number of rotatable bonds is 5. The van der Waals surface area contributed by atoms with Gasteiger partial charge in [-0.2, -0.15) is 5.10 Å². The average Bonchev–Trinajstić information content (AvgIpc) is 3.20. The Labute approximate surface area is 128 Å². The monoisotopic (exact) mass is 291 g/mol. The van der Waals surface area contributed by atoms with E-state index in [-0.39, 0.29) is 11.6 Å². The summed E-state index contributed by atoms with van der Waals surface area (Å²) < 4.78 is 2.12. The van der Waals surface area contributed by atoms with Crippen molar-refractivity contribution >= 4 is 0 Å². The second kappa shape index (κ2) is 6.09. The molecule has 1 aromatic heterocycles. The Morgan fingerprint density at radius 1 is 1.24 bits per heavy atom. The summed E-state index contributed by atoms with van der Waals surface area (Å²) in [6, 6.07) is 2.67. The van der Waals surface area contributed by atoms with E-state index in [0.29, 0.717) is 12.5 Å². The molecule has 1 aromatic rings. The van der Waals surface area contributed by atoms with Gasteiger partial charge in [0.2, 0.25) is 0 Å². The molecule has 1 aliphatic carbocycles. The van der Waals surface area contributed by atoms with E-state index >= 15 is 0 Å². The van der Waals surface area contributed by atoms with Gasteiger partial charge in [0.15, 0.2) is 0 Å². The first-order valence-electron chi connectivity index (χ1n) is 8.54. The van der Waals surface area contributed by atoms with Gasteiger partial charge >= 0.3 is 0 Å². The van der Waals surface area contributed by atoms with Gasteiger partial charge in [0, 0.05) is 18.2 Å². The number of aliphatic hydroxyl groups excluding tert-OH is 1. The lowest BCUT2D eigenvalue weighted by molar-refractivity contribution is 0.00275. The third-order valence-corrected chi connectivity index (χ3v) is 5.50. The SMILES string of the molecule is CC(C)(C(O)Cc1ccn(C2CCCC2)n1)N1CCCC1. The van der Waals surface area contributed by atoms with Gasteiger partial charge in [0.1, 0.15) is 0 Å². The van der Waals surface area contributed by atoms with Crippen molar-refractivity contribution in [2.45, 2.75) is 76.5 Å². The third-order valence-electron chi connectivity index (χ3n) is 5.50. The summed E-state index contributed by atoms with van der Waals surface area (Å²) in [6.45, 7) is 6.55. The quantitative estimate of drug-likeness (QED) is 0.907. The highest BCUT2D eigenvalue weighted by atomic mass is 16.3. The highest BCUT2D eigenvalue weighted by Crippen LogP contribution is 2.29.